The highest BCUT2D eigenvalue weighted by molar-refractivity contribution is 5.90. The van der Waals surface area contributed by atoms with Crippen molar-refractivity contribution >= 4 is 5.97 Å². The van der Waals surface area contributed by atoms with Crippen LogP contribution in [0.1, 0.15) is 28.5 Å². The Morgan fingerprint density at radius 2 is 2.11 bits per heavy atom. The zero-order chi connectivity index (χ0) is 14.0. The molecule has 0 radical (unpaired) electrons. The average Bonchev–Trinajstić information content (AvgIpc) is 2.65. The SMILES string of the molecule is CCOC(=O)c1c(C)[nH]n(-c2cccc(C)c2)c1=O. The normalized spacial score (nSPS) is 10.5. The summed E-state index contributed by atoms with van der Waals surface area (Å²) in [6.45, 7) is 5.57. The molecular formula is C14H16N2O3. The Kier molecular flexibility index (Phi) is 3.55. The lowest BCUT2D eigenvalue weighted by Gasteiger charge is -2.02. The summed E-state index contributed by atoms with van der Waals surface area (Å²) in [7, 11) is 0. The summed E-state index contributed by atoms with van der Waals surface area (Å²) in [5, 5.41) is 2.90. The van der Waals surface area contributed by atoms with Crippen LogP contribution in [0.5, 0.6) is 0 Å². The quantitative estimate of drug-likeness (QED) is 0.858. The fraction of sp³-hybridized carbons (Fsp3) is 0.286. The summed E-state index contributed by atoms with van der Waals surface area (Å²) in [4.78, 5) is 24.0. The molecule has 0 saturated carbocycles. The average molecular weight is 260 g/mol. The molecule has 5 heteroatoms. The Bertz CT molecular complexity index is 668. The molecule has 0 spiro atoms. The molecule has 100 valence electrons. The summed E-state index contributed by atoms with van der Waals surface area (Å²) in [5.74, 6) is -0.590. The van der Waals surface area contributed by atoms with Gasteiger partial charge in [-0.1, -0.05) is 12.1 Å². The van der Waals surface area contributed by atoms with E-state index >= 15 is 0 Å². The van der Waals surface area contributed by atoms with Crippen LogP contribution in [0.4, 0.5) is 0 Å². The molecule has 0 bridgehead atoms. The standard InChI is InChI=1S/C14H16N2O3/c1-4-19-14(18)12-10(3)15-16(13(12)17)11-7-5-6-9(2)8-11/h5-8,15H,4H2,1-3H3. The number of aromatic amines is 1. The number of hydrogen-bond donors (Lipinski definition) is 1. The van der Waals surface area contributed by atoms with E-state index in [1.54, 1.807) is 19.9 Å². The van der Waals surface area contributed by atoms with E-state index in [0.29, 0.717) is 11.4 Å². The van der Waals surface area contributed by atoms with Crippen molar-refractivity contribution < 1.29 is 9.53 Å². The van der Waals surface area contributed by atoms with Gasteiger partial charge in [-0.15, -0.1) is 0 Å². The number of nitrogens with one attached hydrogen (secondary N) is 1. The highest BCUT2D eigenvalue weighted by Crippen LogP contribution is 2.10. The van der Waals surface area contributed by atoms with Gasteiger partial charge in [0.2, 0.25) is 0 Å². The fourth-order valence-electron chi connectivity index (χ4n) is 1.94. The monoisotopic (exact) mass is 260 g/mol. The van der Waals surface area contributed by atoms with Crippen LogP contribution in [0.25, 0.3) is 5.69 Å². The predicted octanol–water partition coefficient (Wildman–Crippen LogP) is 1.96. The summed E-state index contributed by atoms with van der Waals surface area (Å²) < 4.78 is 6.25. The molecule has 1 N–H and O–H groups in total. The van der Waals surface area contributed by atoms with Gasteiger partial charge in [-0.2, -0.15) is 0 Å². The Morgan fingerprint density at radius 1 is 1.37 bits per heavy atom. The summed E-state index contributed by atoms with van der Waals surface area (Å²) in [6.07, 6.45) is 0. The lowest BCUT2D eigenvalue weighted by Crippen LogP contribution is -2.21. The number of H-pyrrole nitrogens is 1. The number of esters is 1. The van der Waals surface area contributed by atoms with Crippen LogP contribution in [0, 0.1) is 13.8 Å². The topological polar surface area (TPSA) is 64.1 Å². The molecule has 1 heterocycles. The smallest absolute Gasteiger partial charge is 0.345 e. The number of carbonyl (C=O) groups excluding carboxylic acids is 1. The van der Waals surface area contributed by atoms with Gasteiger partial charge >= 0.3 is 5.97 Å². The number of rotatable bonds is 3. The zero-order valence-electron chi connectivity index (χ0n) is 11.2. The first-order valence-electron chi connectivity index (χ1n) is 6.10. The van der Waals surface area contributed by atoms with Gasteiger partial charge < -0.3 is 4.74 Å². The second kappa shape index (κ2) is 5.14. The van der Waals surface area contributed by atoms with Crippen molar-refractivity contribution in [2.75, 3.05) is 6.61 Å². The van der Waals surface area contributed by atoms with Crippen molar-refractivity contribution in [3.8, 4) is 5.69 Å². The molecule has 0 aliphatic rings. The van der Waals surface area contributed by atoms with Crippen LogP contribution in [0.15, 0.2) is 29.1 Å². The van der Waals surface area contributed by atoms with E-state index in [2.05, 4.69) is 5.10 Å². The van der Waals surface area contributed by atoms with Crippen LogP contribution in [0.3, 0.4) is 0 Å². The third kappa shape index (κ3) is 2.45. The number of aromatic nitrogens is 2. The molecule has 1 aromatic heterocycles. The number of ether oxygens (including phenoxy) is 1. The predicted molar refractivity (Wildman–Crippen MR) is 71.8 cm³/mol. The molecule has 1 aromatic carbocycles. The highest BCUT2D eigenvalue weighted by Gasteiger charge is 2.20. The van der Waals surface area contributed by atoms with E-state index in [1.165, 1.54) is 4.68 Å². The van der Waals surface area contributed by atoms with Gasteiger partial charge in [0, 0.05) is 5.69 Å². The van der Waals surface area contributed by atoms with Crippen molar-refractivity contribution in [2.24, 2.45) is 0 Å². The molecule has 19 heavy (non-hydrogen) atoms. The summed E-state index contributed by atoms with van der Waals surface area (Å²) >= 11 is 0. The molecule has 2 rings (SSSR count). The molecule has 5 nitrogen and oxygen atoms in total. The molecule has 0 aliphatic carbocycles. The van der Waals surface area contributed by atoms with Gasteiger partial charge in [-0.05, 0) is 38.5 Å². The number of carbonyl (C=O) groups is 1. The Morgan fingerprint density at radius 3 is 2.74 bits per heavy atom. The van der Waals surface area contributed by atoms with Gasteiger partial charge in [0.15, 0.2) is 0 Å². The van der Waals surface area contributed by atoms with Gasteiger partial charge in [0.25, 0.3) is 5.56 Å². The van der Waals surface area contributed by atoms with E-state index in [0.717, 1.165) is 5.56 Å². The first-order chi connectivity index (χ1) is 9.04. The highest BCUT2D eigenvalue weighted by atomic mass is 16.5. The molecule has 2 aromatic rings. The molecule has 0 unspecified atom stereocenters. The Labute approximate surface area is 110 Å². The minimum Gasteiger partial charge on any atom is -0.462 e. The minimum atomic E-state index is -0.590. The second-order valence-electron chi connectivity index (χ2n) is 4.31. The van der Waals surface area contributed by atoms with Crippen molar-refractivity contribution in [3.63, 3.8) is 0 Å². The first kappa shape index (κ1) is 13.1. The van der Waals surface area contributed by atoms with Crippen LogP contribution in [-0.4, -0.2) is 22.4 Å². The van der Waals surface area contributed by atoms with Crippen molar-refractivity contribution in [1.82, 2.24) is 9.78 Å². The molecule has 0 atom stereocenters. The number of nitrogens with zero attached hydrogens (tertiary/aromatic N) is 1. The largest absolute Gasteiger partial charge is 0.462 e. The van der Waals surface area contributed by atoms with Gasteiger partial charge in [-0.25, -0.2) is 9.48 Å². The van der Waals surface area contributed by atoms with Gasteiger partial charge in [0.05, 0.1) is 12.3 Å². The fourth-order valence-corrected chi connectivity index (χ4v) is 1.94. The van der Waals surface area contributed by atoms with E-state index in [4.69, 9.17) is 4.74 Å². The van der Waals surface area contributed by atoms with Crippen LogP contribution >= 0.6 is 0 Å². The lowest BCUT2D eigenvalue weighted by atomic mass is 10.2. The first-order valence-corrected chi connectivity index (χ1v) is 6.10. The van der Waals surface area contributed by atoms with E-state index in [1.807, 2.05) is 25.1 Å². The van der Waals surface area contributed by atoms with Crippen molar-refractivity contribution in [2.45, 2.75) is 20.8 Å². The maximum atomic E-state index is 12.2. The maximum absolute atomic E-state index is 12.2. The molecule has 0 aliphatic heterocycles. The third-order valence-corrected chi connectivity index (χ3v) is 2.81. The van der Waals surface area contributed by atoms with Gasteiger partial charge in [0.1, 0.15) is 5.56 Å². The van der Waals surface area contributed by atoms with Crippen LogP contribution in [0.2, 0.25) is 0 Å². The van der Waals surface area contributed by atoms with E-state index in [-0.39, 0.29) is 17.7 Å². The van der Waals surface area contributed by atoms with Crippen molar-refractivity contribution in [3.05, 3.63) is 51.4 Å². The number of hydrogen-bond acceptors (Lipinski definition) is 3. The Balaban J connectivity index is 2.53. The van der Waals surface area contributed by atoms with Crippen molar-refractivity contribution in [1.29, 1.82) is 0 Å². The minimum absolute atomic E-state index is 0.0587. The molecular weight excluding hydrogens is 244 g/mol. The van der Waals surface area contributed by atoms with Gasteiger partial charge in [-0.3, -0.25) is 9.89 Å². The third-order valence-electron chi connectivity index (χ3n) is 2.81. The molecule has 0 amide bonds. The van der Waals surface area contributed by atoms with Crippen LogP contribution < -0.4 is 5.56 Å². The lowest BCUT2D eigenvalue weighted by molar-refractivity contribution is 0.0524. The molecule has 0 saturated heterocycles. The summed E-state index contributed by atoms with van der Waals surface area (Å²) in [6, 6.07) is 7.47. The maximum Gasteiger partial charge on any atom is 0.345 e. The Hall–Kier alpha value is -2.30. The van der Waals surface area contributed by atoms with E-state index < -0.39 is 5.97 Å². The second-order valence-corrected chi connectivity index (χ2v) is 4.31. The number of benzene rings is 1. The van der Waals surface area contributed by atoms with E-state index in [9.17, 15) is 9.59 Å². The zero-order valence-corrected chi connectivity index (χ0v) is 11.2. The summed E-state index contributed by atoms with van der Waals surface area (Å²) in [5.41, 5.74) is 1.91. The van der Waals surface area contributed by atoms with Crippen LogP contribution in [-0.2, 0) is 4.74 Å². The number of aryl methyl sites for hydroxylation is 2. The molecule has 0 fully saturated rings.